The highest BCUT2D eigenvalue weighted by Gasteiger charge is 2.05. The number of thiocarbonyl (C=S) groups is 1. The first-order valence-electron chi connectivity index (χ1n) is 6.03. The van der Waals surface area contributed by atoms with Crippen LogP contribution in [0.3, 0.4) is 0 Å². The lowest BCUT2D eigenvalue weighted by molar-refractivity contribution is 0.301. The minimum absolute atomic E-state index is 0.504. The van der Waals surface area contributed by atoms with Crippen molar-refractivity contribution in [1.29, 1.82) is 0 Å². The third-order valence-electron chi connectivity index (χ3n) is 2.53. The normalized spacial score (nSPS) is 18.0. The summed E-state index contributed by atoms with van der Waals surface area (Å²) in [5.74, 6) is 0. The van der Waals surface area contributed by atoms with Gasteiger partial charge in [0.15, 0.2) is 5.11 Å². The molecule has 0 aliphatic carbocycles. The first-order chi connectivity index (χ1) is 8.22. The molecule has 0 aromatic heterocycles. The van der Waals surface area contributed by atoms with E-state index in [0.29, 0.717) is 5.11 Å². The van der Waals surface area contributed by atoms with Crippen LogP contribution in [0.4, 0.5) is 0 Å². The Labute approximate surface area is 108 Å². The highest BCUT2D eigenvalue weighted by atomic mass is 32.1. The quantitative estimate of drug-likeness (QED) is 0.454. The van der Waals surface area contributed by atoms with E-state index in [0.717, 1.165) is 18.8 Å². The van der Waals surface area contributed by atoms with Gasteiger partial charge in [0.05, 0.1) is 11.9 Å². The largest absolute Gasteiger partial charge is 0.364 e. The van der Waals surface area contributed by atoms with Crippen LogP contribution >= 0.6 is 12.2 Å². The Morgan fingerprint density at radius 2 is 1.88 bits per heavy atom. The summed E-state index contributed by atoms with van der Waals surface area (Å²) < 4.78 is 0. The third kappa shape index (κ3) is 6.21. The summed E-state index contributed by atoms with van der Waals surface area (Å²) in [6, 6.07) is 0. The highest BCUT2D eigenvalue weighted by molar-refractivity contribution is 7.80. The minimum atomic E-state index is 0.504. The molecular weight excluding hydrogens is 234 g/mol. The molecule has 2 N–H and O–H groups in total. The molecule has 0 aromatic carbocycles. The summed E-state index contributed by atoms with van der Waals surface area (Å²) in [5.41, 5.74) is 3.59. The summed E-state index contributed by atoms with van der Waals surface area (Å²) in [5, 5.41) is 13.9. The lowest BCUT2D eigenvalue weighted by atomic mass is 10.2. The molecule has 6 heteroatoms. The van der Waals surface area contributed by atoms with Gasteiger partial charge in [-0.15, -0.1) is 0 Å². The van der Waals surface area contributed by atoms with Crippen molar-refractivity contribution in [2.24, 2.45) is 10.2 Å². The van der Waals surface area contributed by atoms with Gasteiger partial charge in [0, 0.05) is 20.1 Å². The van der Waals surface area contributed by atoms with Gasteiger partial charge in [-0.05, 0) is 32.0 Å². The second kappa shape index (κ2) is 8.00. The summed E-state index contributed by atoms with van der Waals surface area (Å²) in [4.78, 5) is 0. The van der Waals surface area contributed by atoms with Gasteiger partial charge in [-0.2, -0.15) is 10.2 Å². The minimum Gasteiger partial charge on any atom is -0.364 e. The zero-order chi connectivity index (χ0) is 12.5. The maximum Gasteiger partial charge on any atom is 0.186 e. The number of nitrogens with one attached hydrogen (secondary N) is 2. The molecule has 0 saturated carbocycles. The average Bonchev–Trinajstić information content (AvgIpc) is 2.57. The monoisotopic (exact) mass is 255 g/mol. The van der Waals surface area contributed by atoms with E-state index in [-0.39, 0.29) is 0 Å². The van der Waals surface area contributed by atoms with Crippen molar-refractivity contribution in [3.05, 3.63) is 0 Å². The van der Waals surface area contributed by atoms with Crippen LogP contribution in [0, 0.1) is 0 Å². The van der Waals surface area contributed by atoms with E-state index in [9.17, 15) is 0 Å². The summed E-state index contributed by atoms with van der Waals surface area (Å²) in [7, 11) is 1.75. The van der Waals surface area contributed by atoms with Gasteiger partial charge in [0.2, 0.25) is 0 Å². The number of rotatable bonds is 3. The fourth-order valence-corrected chi connectivity index (χ4v) is 1.70. The zero-order valence-corrected chi connectivity index (χ0v) is 11.4. The Kier molecular flexibility index (Phi) is 6.54. The third-order valence-corrected chi connectivity index (χ3v) is 2.82. The molecule has 96 valence electrons. The number of hydrogen-bond acceptors (Lipinski definition) is 4. The van der Waals surface area contributed by atoms with Crippen molar-refractivity contribution in [3.8, 4) is 0 Å². The number of nitrogens with zero attached hydrogens (tertiary/aromatic N) is 3. The topological polar surface area (TPSA) is 52.0 Å². The first-order valence-corrected chi connectivity index (χ1v) is 6.44. The fourth-order valence-electron chi connectivity index (χ4n) is 1.64. The predicted octanol–water partition coefficient (Wildman–Crippen LogP) is 1.32. The van der Waals surface area contributed by atoms with E-state index < -0.39 is 0 Å². The SMILES string of the molecule is CNC(=S)N/N=C/C(C)=N/N1CCCCCC1. The highest BCUT2D eigenvalue weighted by Crippen LogP contribution is 2.09. The molecule has 0 bridgehead atoms. The van der Waals surface area contributed by atoms with Gasteiger partial charge in [-0.1, -0.05) is 12.8 Å². The fraction of sp³-hybridized carbons (Fsp3) is 0.727. The molecule has 0 unspecified atom stereocenters. The van der Waals surface area contributed by atoms with E-state index in [1.54, 1.807) is 13.3 Å². The van der Waals surface area contributed by atoms with E-state index >= 15 is 0 Å². The van der Waals surface area contributed by atoms with E-state index in [1.165, 1.54) is 25.7 Å². The van der Waals surface area contributed by atoms with Gasteiger partial charge in [0.25, 0.3) is 0 Å². The molecular formula is C11H21N5S. The number of hydrazone groups is 2. The smallest absolute Gasteiger partial charge is 0.186 e. The Hall–Kier alpha value is -1.17. The van der Waals surface area contributed by atoms with Gasteiger partial charge < -0.3 is 5.32 Å². The van der Waals surface area contributed by atoms with Gasteiger partial charge in [-0.25, -0.2) is 0 Å². The number of hydrogen-bond donors (Lipinski definition) is 2. The molecule has 17 heavy (non-hydrogen) atoms. The van der Waals surface area contributed by atoms with Crippen LogP contribution in [0.2, 0.25) is 0 Å². The van der Waals surface area contributed by atoms with Crippen LogP contribution in [0.5, 0.6) is 0 Å². The first kappa shape index (κ1) is 13.9. The van der Waals surface area contributed by atoms with Crippen LogP contribution in [0.25, 0.3) is 0 Å². The average molecular weight is 255 g/mol. The molecule has 1 fully saturated rings. The maximum atomic E-state index is 4.90. The summed E-state index contributed by atoms with van der Waals surface area (Å²) >= 11 is 4.90. The zero-order valence-electron chi connectivity index (χ0n) is 10.6. The molecule has 0 atom stereocenters. The Morgan fingerprint density at radius 3 is 2.47 bits per heavy atom. The maximum absolute atomic E-state index is 4.90. The van der Waals surface area contributed by atoms with Crippen molar-refractivity contribution < 1.29 is 0 Å². The molecule has 0 aromatic rings. The van der Waals surface area contributed by atoms with Crippen molar-refractivity contribution in [2.75, 3.05) is 20.1 Å². The molecule has 1 rings (SSSR count). The van der Waals surface area contributed by atoms with Crippen LogP contribution in [0.15, 0.2) is 10.2 Å². The van der Waals surface area contributed by atoms with Crippen molar-refractivity contribution in [1.82, 2.24) is 15.8 Å². The Balaban J connectivity index is 2.38. The van der Waals surface area contributed by atoms with Crippen molar-refractivity contribution in [2.45, 2.75) is 32.6 Å². The molecule has 1 aliphatic rings. The second-order valence-corrected chi connectivity index (χ2v) is 4.47. The van der Waals surface area contributed by atoms with Crippen LogP contribution in [-0.2, 0) is 0 Å². The molecule has 5 nitrogen and oxygen atoms in total. The Bertz CT molecular complexity index is 292. The van der Waals surface area contributed by atoms with Crippen LogP contribution in [-0.4, -0.2) is 42.2 Å². The van der Waals surface area contributed by atoms with Gasteiger partial charge in [0.1, 0.15) is 0 Å². The molecule has 0 spiro atoms. The predicted molar refractivity (Wildman–Crippen MR) is 76.4 cm³/mol. The summed E-state index contributed by atoms with van der Waals surface area (Å²) in [6.07, 6.45) is 6.79. The second-order valence-electron chi connectivity index (χ2n) is 4.06. The molecule has 1 aliphatic heterocycles. The van der Waals surface area contributed by atoms with E-state index in [4.69, 9.17) is 12.2 Å². The van der Waals surface area contributed by atoms with E-state index in [2.05, 4.69) is 26.0 Å². The molecule has 1 heterocycles. The molecule has 0 radical (unpaired) electrons. The van der Waals surface area contributed by atoms with Crippen LogP contribution in [0.1, 0.15) is 32.6 Å². The van der Waals surface area contributed by atoms with Crippen molar-refractivity contribution >= 4 is 29.3 Å². The molecule has 0 amide bonds. The van der Waals surface area contributed by atoms with Gasteiger partial charge in [-0.3, -0.25) is 10.4 Å². The van der Waals surface area contributed by atoms with Gasteiger partial charge >= 0.3 is 0 Å². The Morgan fingerprint density at radius 1 is 1.24 bits per heavy atom. The van der Waals surface area contributed by atoms with Crippen LogP contribution < -0.4 is 10.7 Å². The lowest BCUT2D eigenvalue weighted by Gasteiger charge is -2.16. The summed E-state index contributed by atoms with van der Waals surface area (Å²) in [6.45, 7) is 4.04. The van der Waals surface area contributed by atoms with Crippen molar-refractivity contribution in [3.63, 3.8) is 0 Å². The molecule has 1 saturated heterocycles. The lowest BCUT2D eigenvalue weighted by Crippen LogP contribution is -2.28. The van der Waals surface area contributed by atoms with E-state index in [1.807, 2.05) is 6.92 Å². The standard InChI is InChI=1S/C11H21N5S/c1-10(9-13-14-11(17)12-2)15-16-7-5-3-4-6-8-16/h9H,3-8H2,1-2H3,(H2,12,14,17)/b13-9+,15-10+.